The van der Waals surface area contributed by atoms with Crippen molar-refractivity contribution in [3.63, 3.8) is 0 Å². The molecule has 0 aliphatic heterocycles. The first-order valence-corrected chi connectivity index (χ1v) is 8.92. The van der Waals surface area contributed by atoms with Gasteiger partial charge in [-0.1, -0.05) is 77.4 Å². The Labute approximate surface area is 155 Å². The van der Waals surface area contributed by atoms with Crippen LogP contribution >= 0.6 is 11.8 Å². The lowest BCUT2D eigenvalue weighted by atomic mass is 10.2. The van der Waals surface area contributed by atoms with Gasteiger partial charge in [0.05, 0.1) is 0 Å². The van der Waals surface area contributed by atoms with Crippen molar-refractivity contribution in [2.75, 3.05) is 6.26 Å². The summed E-state index contributed by atoms with van der Waals surface area (Å²) < 4.78 is 10.2. The number of amides is 2. The standard InChI is InChI=1S/C18H19N3O4S/c1-26-16(19)20-21(17(22)24-12-14-8-4-2-5-9-14)18(23)25-13-15-10-6-3-7-11-15/h2-11H,12-13H2,1H3,(H2,19,20). The van der Waals surface area contributed by atoms with E-state index in [-0.39, 0.29) is 18.4 Å². The maximum atomic E-state index is 12.3. The molecule has 7 nitrogen and oxygen atoms in total. The van der Waals surface area contributed by atoms with Crippen molar-refractivity contribution >= 4 is 29.1 Å². The van der Waals surface area contributed by atoms with Crippen molar-refractivity contribution in [3.8, 4) is 0 Å². The Bertz CT molecular complexity index is 698. The van der Waals surface area contributed by atoms with Crippen LogP contribution in [0.3, 0.4) is 0 Å². The molecule has 26 heavy (non-hydrogen) atoms. The Morgan fingerprint density at radius 1 is 0.923 bits per heavy atom. The van der Waals surface area contributed by atoms with Gasteiger partial charge in [0.1, 0.15) is 13.2 Å². The van der Waals surface area contributed by atoms with Crippen LogP contribution in [0.5, 0.6) is 0 Å². The monoisotopic (exact) mass is 373 g/mol. The van der Waals surface area contributed by atoms with Gasteiger partial charge in [0, 0.05) is 0 Å². The summed E-state index contributed by atoms with van der Waals surface area (Å²) in [5, 5.41) is 4.27. The molecule has 2 aromatic rings. The molecule has 2 N–H and O–H groups in total. The second-order valence-electron chi connectivity index (χ2n) is 5.03. The zero-order valence-electron chi connectivity index (χ0n) is 14.2. The predicted molar refractivity (Wildman–Crippen MR) is 100 cm³/mol. The smallest absolute Gasteiger partial charge is 0.441 e. The van der Waals surface area contributed by atoms with Gasteiger partial charge in [0.15, 0.2) is 5.17 Å². The van der Waals surface area contributed by atoms with E-state index in [1.165, 1.54) is 0 Å². The number of thioether (sulfide) groups is 1. The van der Waals surface area contributed by atoms with E-state index in [2.05, 4.69) is 5.10 Å². The van der Waals surface area contributed by atoms with Crippen molar-refractivity contribution in [2.45, 2.75) is 13.2 Å². The minimum Gasteiger partial charge on any atom is -0.443 e. The molecule has 8 heteroatoms. The van der Waals surface area contributed by atoms with Crippen molar-refractivity contribution in [3.05, 3.63) is 71.8 Å². The number of carbonyl (C=O) groups excluding carboxylic acids is 2. The van der Waals surface area contributed by atoms with Crippen molar-refractivity contribution in [1.29, 1.82) is 0 Å². The number of imide groups is 1. The first-order valence-electron chi connectivity index (χ1n) is 7.69. The highest BCUT2D eigenvalue weighted by Gasteiger charge is 2.25. The van der Waals surface area contributed by atoms with Gasteiger partial charge in [-0.15, -0.1) is 5.10 Å². The summed E-state index contributed by atoms with van der Waals surface area (Å²) in [5.41, 5.74) is 7.18. The van der Waals surface area contributed by atoms with Crippen LogP contribution in [0.25, 0.3) is 0 Å². The molecule has 2 rings (SSSR count). The van der Waals surface area contributed by atoms with Crippen LogP contribution in [0.2, 0.25) is 0 Å². The summed E-state index contributed by atoms with van der Waals surface area (Å²) in [6, 6.07) is 18.2. The zero-order chi connectivity index (χ0) is 18.8. The third kappa shape index (κ3) is 6.14. The van der Waals surface area contributed by atoms with Crippen LogP contribution in [0.1, 0.15) is 11.1 Å². The summed E-state index contributed by atoms with van der Waals surface area (Å²) in [5.74, 6) is 0. The molecule has 0 unspecified atom stereocenters. The Hall–Kier alpha value is -3.00. The summed E-state index contributed by atoms with van der Waals surface area (Å²) in [6.45, 7) is -0.00629. The average molecular weight is 373 g/mol. The number of hydrogen-bond acceptors (Lipinski definition) is 6. The van der Waals surface area contributed by atoms with Crippen LogP contribution < -0.4 is 5.73 Å². The molecular weight excluding hydrogens is 354 g/mol. The summed E-state index contributed by atoms with van der Waals surface area (Å²) >= 11 is 1.09. The minimum atomic E-state index is -0.969. The van der Waals surface area contributed by atoms with Crippen molar-refractivity contribution in [1.82, 2.24) is 5.01 Å². The van der Waals surface area contributed by atoms with Gasteiger partial charge in [0.2, 0.25) is 0 Å². The lowest BCUT2D eigenvalue weighted by molar-refractivity contribution is 0.0709. The van der Waals surface area contributed by atoms with E-state index in [0.717, 1.165) is 22.9 Å². The van der Waals surface area contributed by atoms with Gasteiger partial charge in [-0.2, -0.15) is 0 Å². The quantitative estimate of drug-likeness (QED) is 0.489. The number of benzene rings is 2. The number of amidine groups is 1. The van der Waals surface area contributed by atoms with Crippen LogP contribution in [0.4, 0.5) is 9.59 Å². The molecule has 136 valence electrons. The summed E-state index contributed by atoms with van der Waals surface area (Å²) in [4.78, 5) is 24.5. The number of carbonyl (C=O) groups is 2. The fraction of sp³-hybridized carbons (Fsp3) is 0.167. The molecule has 0 bridgehead atoms. The summed E-state index contributed by atoms with van der Waals surface area (Å²) in [7, 11) is 0. The third-order valence-electron chi connectivity index (χ3n) is 3.16. The van der Waals surface area contributed by atoms with E-state index in [0.29, 0.717) is 5.01 Å². The van der Waals surface area contributed by atoms with E-state index in [1.54, 1.807) is 30.5 Å². The highest BCUT2D eigenvalue weighted by molar-refractivity contribution is 8.13. The molecule has 0 saturated heterocycles. The fourth-order valence-electron chi connectivity index (χ4n) is 1.86. The second-order valence-corrected chi connectivity index (χ2v) is 5.86. The van der Waals surface area contributed by atoms with Gasteiger partial charge < -0.3 is 15.2 Å². The molecule has 2 amide bonds. The number of ether oxygens (including phenoxy) is 2. The van der Waals surface area contributed by atoms with Crippen LogP contribution in [-0.2, 0) is 22.7 Å². The molecular formula is C18H19N3O4S. The van der Waals surface area contributed by atoms with Crippen molar-refractivity contribution < 1.29 is 19.1 Å². The molecule has 0 fully saturated rings. The number of nitrogens with two attached hydrogens (primary N) is 1. The number of hydrogen-bond donors (Lipinski definition) is 1. The molecule has 0 saturated carbocycles. The lowest BCUT2D eigenvalue weighted by Gasteiger charge is -2.16. The van der Waals surface area contributed by atoms with E-state index in [1.807, 2.05) is 36.4 Å². The zero-order valence-corrected chi connectivity index (χ0v) is 15.0. The molecule has 0 atom stereocenters. The molecule has 0 aliphatic carbocycles. The summed E-state index contributed by atoms with van der Waals surface area (Å²) in [6.07, 6.45) is -0.269. The van der Waals surface area contributed by atoms with E-state index < -0.39 is 12.2 Å². The number of rotatable bonds is 5. The van der Waals surface area contributed by atoms with Gasteiger partial charge in [-0.05, 0) is 17.4 Å². The predicted octanol–water partition coefficient (Wildman–Crippen LogP) is 3.55. The molecule has 0 heterocycles. The normalized spacial score (nSPS) is 10.9. The number of nitrogens with zero attached hydrogens (tertiary/aromatic N) is 2. The first kappa shape index (κ1) is 19.3. The fourth-order valence-corrected chi connectivity index (χ4v) is 2.02. The van der Waals surface area contributed by atoms with Crippen LogP contribution in [-0.4, -0.2) is 28.6 Å². The van der Waals surface area contributed by atoms with E-state index >= 15 is 0 Å². The molecule has 0 aliphatic rings. The Kier molecular flexibility index (Phi) is 7.50. The maximum absolute atomic E-state index is 12.3. The molecule has 0 aromatic heterocycles. The van der Waals surface area contributed by atoms with Gasteiger partial charge >= 0.3 is 12.2 Å². The van der Waals surface area contributed by atoms with Crippen molar-refractivity contribution in [2.24, 2.45) is 10.8 Å². The maximum Gasteiger partial charge on any atom is 0.441 e. The Balaban J connectivity index is 2.01. The largest absolute Gasteiger partial charge is 0.443 e. The lowest BCUT2D eigenvalue weighted by Crippen LogP contribution is -2.35. The Morgan fingerprint density at radius 2 is 1.35 bits per heavy atom. The highest BCUT2D eigenvalue weighted by atomic mass is 32.2. The van der Waals surface area contributed by atoms with E-state index in [9.17, 15) is 9.59 Å². The van der Waals surface area contributed by atoms with Gasteiger partial charge in [-0.3, -0.25) is 0 Å². The minimum absolute atomic E-state index is 0.00314. The third-order valence-corrected chi connectivity index (χ3v) is 3.66. The molecule has 2 aromatic carbocycles. The van der Waals surface area contributed by atoms with Crippen LogP contribution in [0, 0.1) is 0 Å². The Morgan fingerprint density at radius 3 is 1.73 bits per heavy atom. The van der Waals surface area contributed by atoms with Crippen LogP contribution in [0.15, 0.2) is 65.8 Å². The molecule has 0 spiro atoms. The van der Waals surface area contributed by atoms with Gasteiger partial charge in [-0.25, -0.2) is 9.59 Å². The number of hydrazone groups is 1. The second kappa shape index (κ2) is 10.1. The van der Waals surface area contributed by atoms with Gasteiger partial charge in [0.25, 0.3) is 0 Å². The first-order chi connectivity index (χ1) is 12.6. The highest BCUT2D eigenvalue weighted by Crippen LogP contribution is 2.09. The van der Waals surface area contributed by atoms with E-state index in [4.69, 9.17) is 15.2 Å². The average Bonchev–Trinajstić information content (AvgIpc) is 2.69. The SMILES string of the molecule is CSC(N)=NN(C(=O)OCc1ccccc1)C(=O)OCc1ccccc1. The molecule has 0 radical (unpaired) electrons. The topological polar surface area (TPSA) is 94.2 Å².